The zero-order chi connectivity index (χ0) is 22.1. The fourth-order valence-electron chi connectivity index (χ4n) is 3.48. The molecule has 31 heavy (non-hydrogen) atoms. The molecule has 4 rings (SSSR count). The second-order valence-electron chi connectivity index (χ2n) is 6.75. The number of rotatable bonds is 5. The van der Waals surface area contributed by atoms with E-state index in [1.807, 2.05) is 0 Å². The van der Waals surface area contributed by atoms with Gasteiger partial charge in [0.2, 0.25) is 0 Å². The molecule has 0 aliphatic carbocycles. The number of esters is 1. The van der Waals surface area contributed by atoms with Crippen LogP contribution in [0.2, 0.25) is 0 Å². The second-order valence-corrected chi connectivity index (χ2v) is 6.75. The minimum atomic E-state index is -0.538. The van der Waals surface area contributed by atoms with Crippen molar-refractivity contribution >= 4 is 29.2 Å². The van der Waals surface area contributed by atoms with Crippen molar-refractivity contribution in [3.8, 4) is 11.1 Å². The molecule has 0 atom stereocenters. The van der Waals surface area contributed by atoms with Crippen LogP contribution in [0.15, 0.2) is 66.7 Å². The maximum absolute atomic E-state index is 13.0. The average Bonchev–Trinajstić information content (AvgIpc) is 3.03. The van der Waals surface area contributed by atoms with E-state index < -0.39 is 22.7 Å². The van der Waals surface area contributed by atoms with E-state index >= 15 is 0 Å². The number of amides is 2. The lowest BCUT2D eigenvalue weighted by molar-refractivity contribution is -0.384. The number of fused-ring (bicyclic) bond motifs is 1. The molecule has 0 N–H and O–H groups in total. The van der Waals surface area contributed by atoms with Crippen LogP contribution in [0.1, 0.15) is 38.0 Å². The van der Waals surface area contributed by atoms with Crippen molar-refractivity contribution in [3.63, 3.8) is 0 Å². The number of imide groups is 1. The summed E-state index contributed by atoms with van der Waals surface area (Å²) in [4.78, 5) is 49.5. The molecule has 154 valence electrons. The average molecular weight is 416 g/mol. The Bertz CT molecular complexity index is 1230. The lowest BCUT2D eigenvalue weighted by Gasteiger charge is -2.14. The molecule has 0 unspecified atom stereocenters. The Morgan fingerprint density at radius 1 is 0.935 bits per heavy atom. The highest BCUT2D eigenvalue weighted by molar-refractivity contribution is 6.34. The quantitative estimate of drug-likeness (QED) is 0.266. The molecule has 1 heterocycles. The van der Waals surface area contributed by atoms with Crippen molar-refractivity contribution in [2.24, 2.45) is 0 Å². The molecule has 2 amide bonds. The van der Waals surface area contributed by atoms with Gasteiger partial charge in [0.25, 0.3) is 17.5 Å². The lowest BCUT2D eigenvalue weighted by atomic mass is 9.99. The van der Waals surface area contributed by atoms with Crippen LogP contribution in [0.3, 0.4) is 0 Å². The van der Waals surface area contributed by atoms with Gasteiger partial charge in [0.1, 0.15) is 0 Å². The first-order valence-electron chi connectivity index (χ1n) is 9.46. The minimum absolute atomic E-state index is 0.0920. The molecule has 8 nitrogen and oxygen atoms in total. The van der Waals surface area contributed by atoms with Gasteiger partial charge in [-0.3, -0.25) is 19.7 Å². The van der Waals surface area contributed by atoms with Crippen molar-refractivity contribution in [1.82, 2.24) is 0 Å². The molecule has 0 saturated carbocycles. The van der Waals surface area contributed by atoms with Gasteiger partial charge >= 0.3 is 5.97 Å². The van der Waals surface area contributed by atoms with Gasteiger partial charge in [0.15, 0.2) is 0 Å². The molecular weight excluding hydrogens is 400 g/mol. The molecule has 3 aromatic rings. The fraction of sp³-hybridized carbons (Fsp3) is 0.0870. The Labute approximate surface area is 176 Å². The first kappa shape index (κ1) is 20.0. The molecule has 0 saturated heterocycles. The summed E-state index contributed by atoms with van der Waals surface area (Å²) in [6, 6.07) is 16.7. The molecule has 0 bridgehead atoms. The Morgan fingerprint density at radius 2 is 1.61 bits per heavy atom. The van der Waals surface area contributed by atoms with E-state index in [0.29, 0.717) is 22.4 Å². The maximum Gasteiger partial charge on any atom is 0.338 e. The number of hydrogen-bond donors (Lipinski definition) is 0. The smallest absolute Gasteiger partial charge is 0.338 e. The van der Waals surface area contributed by atoms with Gasteiger partial charge in [0, 0.05) is 6.07 Å². The van der Waals surface area contributed by atoms with Crippen LogP contribution < -0.4 is 4.90 Å². The van der Waals surface area contributed by atoms with Crippen molar-refractivity contribution < 1.29 is 24.0 Å². The fourth-order valence-corrected chi connectivity index (χ4v) is 3.48. The normalized spacial score (nSPS) is 12.6. The summed E-state index contributed by atoms with van der Waals surface area (Å²) in [5.41, 5.74) is 1.72. The maximum atomic E-state index is 13.0. The van der Waals surface area contributed by atoms with Gasteiger partial charge in [-0.25, -0.2) is 9.69 Å². The summed E-state index contributed by atoms with van der Waals surface area (Å²) in [5.74, 6) is -1.53. The molecule has 0 fully saturated rings. The lowest BCUT2D eigenvalue weighted by Crippen LogP contribution is -2.29. The van der Waals surface area contributed by atoms with Crippen molar-refractivity contribution in [3.05, 3.63) is 93.5 Å². The van der Waals surface area contributed by atoms with E-state index in [9.17, 15) is 24.5 Å². The first-order valence-corrected chi connectivity index (χ1v) is 9.46. The third kappa shape index (κ3) is 3.44. The van der Waals surface area contributed by atoms with Crippen LogP contribution in [0.5, 0.6) is 0 Å². The third-order valence-corrected chi connectivity index (χ3v) is 4.93. The van der Waals surface area contributed by atoms with Gasteiger partial charge in [-0.15, -0.1) is 0 Å². The number of para-hydroxylation sites is 1. The number of carbonyl (C=O) groups excluding carboxylic acids is 3. The van der Waals surface area contributed by atoms with E-state index in [-0.39, 0.29) is 23.4 Å². The van der Waals surface area contributed by atoms with E-state index in [2.05, 4.69) is 0 Å². The molecule has 1 aliphatic rings. The number of nitro groups is 1. The predicted octanol–water partition coefficient (Wildman–Crippen LogP) is 4.24. The van der Waals surface area contributed by atoms with Crippen molar-refractivity contribution in [2.75, 3.05) is 11.5 Å². The van der Waals surface area contributed by atoms with Crippen LogP contribution in [0.25, 0.3) is 11.1 Å². The number of carbonyl (C=O) groups is 3. The zero-order valence-corrected chi connectivity index (χ0v) is 16.4. The van der Waals surface area contributed by atoms with E-state index in [1.54, 1.807) is 31.2 Å². The van der Waals surface area contributed by atoms with Gasteiger partial charge in [-0.1, -0.05) is 18.2 Å². The van der Waals surface area contributed by atoms with Crippen LogP contribution in [-0.2, 0) is 4.74 Å². The van der Waals surface area contributed by atoms with Crippen molar-refractivity contribution in [1.29, 1.82) is 0 Å². The number of anilines is 1. The minimum Gasteiger partial charge on any atom is -0.462 e. The van der Waals surface area contributed by atoms with Gasteiger partial charge in [0.05, 0.1) is 39.5 Å². The molecule has 0 spiro atoms. The highest BCUT2D eigenvalue weighted by Crippen LogP contribution is 2.35. The van der Waals surface area contributed by atoms with E-state index in [1.165, 1.54) is 42.5 Å². The SMILES string of the molecule is CCOC(=O)c1ccc(N2C(=O)c3ccc(-c4ccccc4[N+](=O)[O-])cc3C2=O)cc1. The molecule has 1 aliphatic heterocycles. The number of benzene rings is 3. The topological polar surface area (TPSA) is 107 Å². The summed E-state index contributed by atoms with van der Waals surface area (Å²) in [7, 11) is 0. The van der Waals surface area contributed by atoms with Gasteiger partial charge in [-0.2, -0.15) is 0 Å². The van der Waals surface area contributed by atoms with Crippen LogP contribution in [0, 0.1) is 10.1 Å². The van der Waals surface area contributed by atoms with E-state index in [0.717, 1.165) is 4.90 Å². The first-order chi connectivity index (χ1) is 14.9. The number of ether oxygens (including phenoxy) is 1. The highest BCUT2D eigenvalue weighted by atomic mass is 16.6. The zero-order valence-electron chi connectivity index (χ0n) is 16.4. The number of nitro benzene ring substituents is 1. The van der Waals surface area contributed by atoms with Gasteiger partial charge in [-0.05, 0) is 55.0 Å². The molecule has 0 aromatic heterocycles. The summed E-state index contributed by atoms with van der Waals surface area (Å²) in [5, 5.41) is 11.3. The Balaban J connectivity index is 1.69. The second kappa shape index (κ2) is 7.83. The standard InChI is InChI=1S/C23H16N2O6/c1-2-31-23(28)14-7-10-16(11-8-14)24-21(26)18-12-9-15(13-19(18)22(24)27)17-5-3-4-6-20(17)25(29)30/h3-13H,2H2,1H3. The molecule has 0 radical (unpaired) electrons. The van der Waals surface area contributed by atoms with E-state index in [4.69, 9.17) is 4.74 Å². The summed E-state index contributed by atoms with van der Waals surface area (Å²) >= 11 is 0. The molecule has 8 heteroatoms. The Hall–Kier alpha value is -4.33. The third-order valence-electron chi connectivity index (χ3n) is 4.93. The Kier molecular flexibility index (Phi) is 5.04. The monoisotopic (exact) mass is 416 g/mol. The van der Waals surface area contributed by atoms with Gasteiger partial charge < -0.3 is 4.74 Å². The largest absolute Gasteiger partial charge is 0.462 e. The predicted molar refractivity (Wildman–Crippen MR) is 112 cm³/mol. The number of hydrogen-bond acceptors (Lipinski definition) is 6. The highest BCUT2D eigenvalue weighted by Gasteiger charge is 2.37. The van der Waals surface area contributed by atoms with Crippen molar-refractivity contribution in [2.45, 2.75) is 6.92 Å². The number of nitrogens with zero attached hydrogens (tertiary/aromatic N) is 2. The summed E-state index contributed by atoms with van der Waals surface area (Å²) in [6.45, 7) is 1.93. The van der Waals surface area contributed by atoms with Crippen LogP contribution in [0.4, 0.5) is 11.4 Å². The summed E-state index contributed by atoms with van der Waals surface area (Å²) in [6.07, 6.45) is 0. The Morgan fingerprint density at radius 3 is 2.29 bits per heavy atom. The van der Waals surface area contributed by atoms with Crippen LogP contribution in [-0.4, -0.2) is 29.3 Å². The van der Waals surface area contributed by atoms with Crippen LogP contribution >= 0.6 is 0 Å². The summed E-state index contributed by atoms with van der Waals surface area (Å²) < 4.78 is 4.93. The molecule has 3 aromatic carbocycles. The molecular formula is C23H16N2O6.